The smallest absolute Gasteiger partial charge is 0.233 e. The molecule has 1 aromatic heterocycles. The van der Waals surface area contributed by atoms with Crippen molar-refractivity contribution in [3.05, 3.63) is 59.9 Å². The molecule has 1 aromatic carbocycles. The number of aliphatic hydroxyl groups is 1. The monoisotopic (exact) mass is 306 g/mol. The quantitative estimate of drug-likeness (QED) is 0.857. The Morgan fingerprint density at radius 2 is 1.90 bits per heavy atom. The highest BCUT2D eigenvalue weighted by molar-refractivity contribution is 7.92. The van der Waals surface area contributed by atoms with Crippen LogP contribution in [-0.4, -0.2) is 24.3 Å². The molecule has 2 N–H and O–H groups in total. The van der Waals surface area contributed by atoms with E-state index >= 15 is 0 Å². The third-order valence-electron chi connectivity index (χ3n) is 3.03. The average molecular weight is 306 g/mol. The van der Waals surface area contributed by atoms with Gasteiger partial charge in [-0.3, -0.25) is 9.71 Å². The summed E-state index contributed by atoms with van der Waals surface area (Å²) in [5.41, 5.74) is 1.69. The minimum Gasteiger partial charge on any atom is -0.389 e. The van der Waals surface area contributed by atoms with E-state index in [9.17, 15) is 13.5 Å². The van der Waals surface area contributed by atoms with E-state index < -0.39 is 16.1 Å². The molecule has 0 spiro atoms. The second-order valence-corrected chi connectivity index (χ2v) is 6.60. The van der Waals surface area contributed by atoms with Gasteiger partial charge >= 0.3 is 0 Å². The van der Waals surface area contributed by atoms with Gasteiger partial charge in [0.05, 0.1) is 17.5 Å². The van der Waals surface area contributed by atoms with Gasteiger partial charge in [0.25, 0.3) is 0 Å². The Morgan fingerprint density at radius 1 is 1.19 bits per heavy atom. The van der Waals surface area contributed by atoms with E-state index in [1.807, 2.05) is 6.07 Å². The number of pyridine rings is 1. The van der Waals surface area contributed by atoms with Gasteiger partial charge in [0.1, 0.15) is 0 Å². The number of sulfonamides is 1. The number of aromatic nitrogens is 1. The van der Waals surface area contributed by atoms with Gasteiger partial charge in [0.15, 0.2) is 0 Å². The van der Waals surface area contributed by atoms with Crippen LogP contribution in [0.1, 0.15) is 24.3 Å². The molecule has 0 aliphatic heterocycles. The zero-order valence-corrected chi connectivity index (χ0v) is 12.5. The number of aliphatic hydroxyl groups excluding tert-OH is 1. The molecule has 0 amide bonds. The van der Waals surface area contributed by atoms with Crippen LogP contribution in [0.5, 0.6) is 0 Å². The number of hydrogen-bond acceptors (Lipinski definition) is 4. The van der Waals surface area contributed by atoms with Gasteiger partial charge in [-0.05, 0) is 25.1 Å². The summed E-state index contributed by atoms with van der Waals surface area (Å²) >= 11 is 0. The molecule has 0 saturated heterocycles. The zero-order chi connectivity index (χ0) is 15.3. The number of benzene rings is 1. The Labute approximate surface area is 124 Å². The van der Waals surface area contributed by atoms with E-state index in [4.69, 9.17) is 0 Å². The molecule has 1 atom stereocenters. The normalized spacial score (nSPS) is 12.9. The predicted molar refractivity (Wildman–Crippen MR) is 82.4 cm³/mol. The highest BCUT2D eigenvalue weighted by Crippen LogP contribution is 2.23. The third kappa shape index (κ3) is 4.54. The van der Waals surface area contributed by atoms with Gasteiger partial charge in [0.2, 0.25) is 10.0 Å². The third-order valence-corrected chi connectivity index (χ3v) is 4.30. The number of anilines is 1. The highest BCUT2D eigenvalue weighted by Gasteiger charge is 2.15. The molecule has 2 rings (SSSR count). The summed E-state index contributed by atoms with van der Waals surface area (Å²) in [7, 11) is -3.49. The zero-order valence-electron chi connectivity index (χ0n) is 11.7. The lowest BCUT2D eigenvalue weighted by atomic mass is 10.1. The number of para-hydroxylation sites is 1. The molecule has 1 heterocycles. The van der Waals surface area contributed by atoms with Crippen molar-refractivity contribution in [2.75, 3.05) is 10.5 Å². The van der Waals surface area contributed by atoms with Crippen LogP contribution in [0.4, 0.5) is 5.69 Å². The van der Waals surface area contributed by atoms with Gasteiger partial charge in [-0.15, -0.1) is 0 Å². The number of nitrogens with zero attached hydrogens (tertiary/aromatic N) is 1. The van der Waals surface area contributed by atoms with Crippen LogP contribution in [0, 0.1) is 0 Å². The SMILES string of the molecule is CC(O)c1ccccc1NS(=O)(=O)CCc1ccccn1. The summed E-state index contributed by atoms with van der Waals surface area (Å²) in [4.78, 5) is 4.10. The van der Waals surface area contributed by atoms with Gasteiger partial charge < -0.3 is 5.11 Å². The van der Waals surface area contributed by atoms with Crippen molar-refractivity contribution in [1.82, 2.24) is 4.98 Å². The fourth-order valence-electron chi connectivity index (χ4n) is 1.96. The van der Waals surface area contributed by atoms with Crippen LogP contribution >= 0.6 is 0 Å². The van der Waals surface area contributed by atoms with Crippen molar-refractivity contribution in [2.45, 2.75) is 19.4 Å². The van der Waals surface area contributed by atoms with E-state index in [2.05, 4.69) is 9.71 Å². The van der Waals surface area contributed by atoms with Crippen LogP contribution < -0.4 is 4.72 Å². The molecule has 0 fully saturated rings. The lowest BCUT2D eigenvalue weighted by Crippen LogP contribution is -2.19. The molecule has 5 nitrogen and oxygen atoms in total. The predicted octanol–water partition coefficient (Wildman–Crippen LogP) is 2.12. The fraction of sp³-hybridized carbons (Fsp3) is 0.267. The molecule has 112 valence electrons. The number of aryl methyl sites for hydroxylation is 1. The Kier molecular flexibility index (Phi) is 4.93. The Morgan fingerprint density at radius 3 is 2.57 bits per heavy atom. The molecular formula is C15H18N2O3S. The summed E-state index contributed by atoms with van der Waals surface area (Å²) in [6, 6.07) is 12.2. The summed E-state index contributed by atoms with van der Waals surface area (Å²) in [5.74, 6) is -0.0574. The van der Waals surface area contributed by atoms with Crippen LogP contribution in [-0.2, 0) is 16.4 Å². The number of hydrogen-bond donors (Lipinski definition) is 2. The molecular weight excluding hydrogens is 288 g/mol. The van der Waals surface area contributed by atoms with E-state index in [-0.39, 0.29) is 5.75 Å². The first-order valence-electron chi connectivity index (χ1n) is 6.65. The van der Waals surface area contributed by atoms with Gasteiger partial charge in [0, 0.05) is 23.9 Å². The molecule has 0 aliphatic rings. The van der Waals surface area contributed by atoms with Crippen LogP contribution in [0.2, 0.25) is 0 Å². The minimum atomic E-state index is -3.49. The average Bonchev–Trinajstić information content (AvgIpc) is 2.46. The molecule has 1 unspecified atom stereocenters. The first-order valence-corrected chi connectivity index (χ1v) is 8.30. The summed E-state index contributed by atoms with van der Waals surface area (Å²) < 4.78 is 26.8. The van der Waals surface area contributed by atoms with Crippen molar-refractivity contribution in [1.29, 1.82) is 0 Å². The van der Waals surface area contributed by atoms with E-state index in [1.165, 1.54) is 0 Å². The molecule has 21 heavy (non-hydrogen) atoms. The maximum atomic E-state index is 12.1. The molecule has 0 radical (unpaired) electrons. The first kappa shape index (κ1) is 15.5. The summed E-state index contributed by atoms with van der Waals surface area (Å²) in [5, 5.41) is 9.66. The number of nitrogens with one attached hydrogen (secondary N) is 1. The second kappa shape index (κ2) is 6.69. The van der Waals surface area contributed by atoms with Crippen LogP contribution in [0.25, 0.3) is 0 Å². The summed E-state index contributed by atoms with van der Waals surface area (Å²) in [6.45, 7) is 1.60. The lowest BCUT2D eigenvalue weighted by Gasteiger charge is -2.14. The highest BCUT2D eigenvalue weighted by atomic mass is 32.2. The largest absolute Gasteiger partial charge is 0.389 e. The van der Waals surface area contributed by atoms with Crippen molar-refractivity contribution in [2.24, 2.45) is 0 Å². The topological polar surface area (TPSA) is 79.3 Å². The first-order chi connectivity index (χ1) is 9.98. The molecule has 2 aromatic rings. The van der Waals surface area contributed by atoms with Gasteiger partial charge in [-0.25, -0.2) is 8.42 Å². The van der Waals surface area contributed by atoms with E-state index in [0.717, 1.165) is 5.69 Å². The van der Waals surface area contributed by atoms with Crippen molar-refractivity contribution >= 4 is 15.7 Å². The molecule has 0 saturated carbocycles. The van der Waals surface area contributed by atoms with Crippen molar-refractivity contribution < 1.29 is 13.5 Å². The maximum absolute atomic E-state index is 12.1. The molecule has 0 aliphatic carbocycles. The standard InChI is InChI=1S/C15H18N2O3S/c1-12(18)14-7-2-3-8-15(14)17-21(19,20)11-9-13-6-4-5-10-16-13/h2-8,10,12,17-18H,9,11H2,1H3. The fourth-order valence-corrected chi connectivity index (χ4v) is 3.06. The van der Waals surface area contributed by atoms with Gasteiger partial charge in [-0.1, -0.05) is 24.3 Å². The molecule has 0 bridgehead atoms. The van der Waals surface area contributed by atoms with E-state index in [1.54, 1.807) is 49.5 Å². The van der Waals surface area contributed by atoms with Crippen LogP contribution in [0.3, 0.4) is 0 Å². The maximum Gasteiger partial charge on any atom is 0.233 e. The van der Waals surface area contributed by atoms with E-state index in [0.29, 0.717) is 17.7 Å². The van der Waals surface area contributed by atoms with Gasteiger partial charge in [-0.2, -0.15) is 0 Å². The van der Waals surface area contributed by atoms with Crippen molar-refractivity contribution in [3.8, 4) is 0 Å². The lowest BCUT2D eigenvalue weighted by molar-refractivity contribution is 0.200. The van der Waals surface area contributed by atoms with Crippen molar-refractivity contribution in [3.63, 3.8) is 0 Å². The second-order valence-electron chi connectivity index (χ2n) is 4.76. The minimum absolute atomic E-state index is 0.0574. The Bertz CT molecular complexity index is 685. The Hall–Kier alpha value is -1.92. The van der Waals surface area contributed by atoms with Crippen LogP contribution in [0.15, 0.2) is 48.7 Å². The molecule has 6 heteroatoms. The number of rotatable bonds is 6. The summed E-state index contributed by atoms with van der Waals surface area (Å²) in [6.07, 6.45) is 1.24. The Balaban J connectivity index is 2.08.